The van der Waals surface area contributed by atoms with Crippen molar-refractivity contribution in [3.05, 3.63) is 29.8 Å². The minimum absolute atomic E-state index is 0.0253. The van der Waals surface area contributed by atoms with Gasteiger partial charge in [-0.2, -0.15) is 13.2 Å². The monoisotopic (exact) mass is 421 g/mol. The van der Waals surface area contributed by atoms with Gasteiger partial charge in [0, 0.05) is 13.0 Å². The van der Waals surface area contributed by atoms with Crippen LogP contribution in [0, 0.1) is 6.92 Å². The summed E-state index contributed by atoms with van der Waals surface area (Å²) in [4.78, 5) is 23.3. The highest BCUT2D eigenvalue weighted by Gasteiger charge is 2.48. The van der Waals surface area contributed by atoms with Gasteiger partial charge in [-0.3, -0.25) is 9.59 Å². The van der Waals surface area contributed by atoms with E-state index in [1.165, 1.54) is 11.4 Å². The lowest BCUT2D eigenvalue weighted by Gasteiger charge is -2.39. The Morgan fingerprint density at radius 3 is 2.57 bits per heavy atom. The average Bonchev–Trinajstić information content (AvgIpc) is 2.64. The van der Waals surface area contributed by atoms with Gasteiger partial charge in [0.15, 0.2) is 15.6 Å². The highest BCUT2D eigenvalue weighted by molar-refractivity contribution is 7.92. The SMILES string of the molecule is CCC1(S(=O)(=O)c2cccc(C)c2)CCOC(C(=O)CNC(=O)C(F)(F)F)C1. The van der Waals surface area contributed by atoms with Gasteiger partial charge in [-0.1, -0.05) is 19.1 Å². The fourth-order valence-corrected chi connectivity index (χ4v) is 5.46. The molecule has 6 nitrogen and oxygen atoms in total. The van der Waals surface area contributed by atoms with Crippen LogP contribution < -0.4 is 5.32 Å². The van der Waals surface area contributed by atoms with E-state index >= 15 is 0 Å². The summed E-state index contributed by atoms with van der Waals surface area (Å²) in [5.41, 5.74) is 0.766. The largest absolute Gasteiger partial charge is 0.471 e. The van der Waals surface area contributed by atoms with Gasteiger partial charge in [-0.25, -0.2) is 8.42 Å². The van der Waals surface area contributed by atoms with Crippen molar-refractivity contribution in [1.82, 2.24) is 5.32 Å². The van der Waals surface area contributed by atoms with E-state index in [1.54, 1.807) is 32.0 Å². The van der Waals surface area contributed by atoms with Crippen molar-refractivity contribution >= 4 is 21.5 Å². The Balaban J connectivity index is 2.21. The van der Waals surface area contributed by atoms with Crippen LogP contribution in [0.15, 0.2) is 29.2 Å². The molecule has 10 heteroatoms. The minimum Gasteiger partial charge on any atom is -0.370 e. The number of ketones is 1. The van der Waals surface area contributed by atoms with Gasteiger partial charge >= 0.3 is 12.1 Å². The molecule has 1 aliphatic heterocycles. The number of hydrogen-bond donors (Lipinski definition) is 1. The number of aryl methyl sites for hydroxylation is 1. The van der Waals surface area contributed by atoms with Crippen molar-refractivity contribution in [2.24, 2.45) is 0 Å². The second-order valence-electron chi connectivity index (χ2n) is 6.82. The van der Waals surface area contributed by atoms with Crippen molar-refractivity contribution < 1.29 is 35.9 Å². The first-order chi connectivity index (χ1) is 12.9. The topological polar surface area (TPSA) is 89.5 Å². The molecule has 0 aromatic heterocycles. The first kappa shape index (κ1) is 22.4. The van der Waals surface area contributed by atoms with Crippen LogP contribution in [0.3, 0.4) is 0 Å². The third-order valence-corrected chi connectivity index (χ3v) is 7.66. The lowest BCUT2D eigenvalue weighted by Crippen LogP contribution is -2.51. The first-order valence-electron chi connectivity index (χ1n) is 8.73. The standard InChI is InChI=1S/C18H22F3NO5S/c1-3-17(28(25,26)13-6-4-5-12(2)9-13)7-8-27-15(10-17)14(23)11-22-16(24)18(19,20)21/h4-6,9,15H,3,7-8,10-11H2,1-2H3,(H,22,24). The second kappa shape index (κ2) is 8.20. The molecule has 1 fully saturated rings. The zero-order chi connectivity index (χ0) is 21.2. The van der Waals surface area contributed by atoms with Gasteiger partial charge in [-0.05, 0) is 37.5 Å². The van der Waals surface area contributed by atoms with Crippen LogP contribution in [0.2, 0.25) is 0 Å². The Bertz CT molecular complexity index is 853. The number of carbonyl (C=O) groups excluding carboxylic acids is 2. The Labute approximate surface area is 161 Å². The quantitative estimate of drug-likeness (QED) is 0.762. The predicted octanol–water partition coefficient (Wildman–Crippen LogP) is 2.34. The number of ether oxygens (including phenoxy) is 1. The second-order valence-corrected chi connectivity index (χ2v) is 9.16. The van der Waals surface area contributed by atoms with Crippen molar-refractivity contribution in [2.75, 3.05) is 13.2 Å². The van der Waals surface area contributed by atoms with E-state index < -0.39 is 45.1 Å². The molecule has 0 aliphatic carbocycles. The molecular weight excluding hydrogens is 399 g/mol. The molecule has 2 rings (SSSR count). The van der Waals surface area contributed by atoms with Crippen LogP contribution in [0.25, 0.3) is 0 Å². The molecule has 1 aromatic carbocycles. The number of benzene rings is 1. The number of rotatable bonds is 6. The van der Waals surface area contributed by atoms with Crippen LogP contribution in [0.1, 0.15) is 31.7 Å². The molecule has 1 heterocycles. The maximum absolute atomic E-state index is 13.3. The number of halogens is 3. The molecular formula is C18H22F3NO5S. The molecule has 0 radical (unpaired) electrons. The van der Waals surface area contributed by atoms with Crippen LogP contribution >= 0.6 is 0 Å². The van der Waals surface area contributed by atoms with Crippen LogP contribution in [0.5, 0.6) is 0 Å². The van der Waals surface area contributed by atoms with Gasteiger partial charge in [0.1, 0.15) is 6.10 Å². The van der Waals surface area contributed by atoms with Gasteiger partial charge in [0.25, 0.3) is 0 Å². The number of Topliss-reactive ketones (excluding diaryl/α,β-unsaturated/α-hetero) is 1. The maximum atomic E-state index is 13.3. The summed E-state index contributed by atoms with van der Waals surface area (Å²) in [6.45, 7) is 2.54. The third-order valence-electron chi connectivity index (χ3n) is 4.99. The highest BCUT2D eigenvalue weighted by atomic mass is 32.2. The van der Waals surface area contributed by atoms with Crippen LogP contribution in [-0.4, -0.2) is 50.3 Å². The smallest absolute Gasteiger partial charge is 0.370 e. The summed E-state index contributed by atoms with van der Waals surface area (Å²) >= 11 is 0. The average molecular weight is 421 g/mol. The van der Waals surface area contributed by atoms with Gasteiger partial charge in [0.05, 0.1) is 16.2 Å². The Morgan fingerprint density at radius 1 is 1.32 bits per heavy atom. The van der Waals surface area contributed by atoms with Crippen molar-refractivity contribution in [1.29, 1.82) is 0 Å². The number of amides is 1. The molecule has 156 valence electrons. The van der Waals surface area contributed by atoms with E-state index in [0.717, 1.165) is 5.56 Å². The predicted molar refractivity (Wildman–Crippen MR) is 94.4 cm³/mol. The lowest BCUT2D eigenvalue weighted by atomic mass is 9.90. The van der Waals surface area contributed by atoms with Crippen molar-refractivity contribution in [2.45, 2.75) is 55.0 Å². The molecule has 2 unspecified atom stereocenters. The minimum atomic E-state index is -5.10. The zero-order valence-corrected chi connectivity index (χ0v) is 16.3. The van der Waals surface area contributed by atoms with E-state index in [9.17, 15) is 31.2 Å². The molecule has 0 spiro atoms. The third kappa shape index (κ3) is 4.54. The number of carbonyl (C=O) groups is 2. The highest BCUT2D eigenvalue weighted by Crippen LogP contribution is 2.40. The van der Waals surface area contributed by atoms with Gasteiger partial charge in [-0.15, -0.1) is 0 Å². The normalized spacial score (nSPS) is 23.2. The molecule has 1 aliphatic rings. The Morgan fingerprint density at radius 2 is 2.00 bits per heavy atom. The summed E-state index contributed by atoms with van der Waals surface area (Å²) in [5.74, 6) is -3.03. The maximum Gasteiger partial charge on any atom is 0.471 e. The molecule has 2 atom stereocenters. The van der Waals surface area contributed by atoms with E-state index in [4.69, 9.17) is 4.74 Å². The van der Waals surface area contributed by atoms with Crippen molar-refractivity contribution in [3.63, 3.8) is 0 Å². The number of nitrogens with one attached hydrogen (secondary N) is 1. The van der Waals surface area contributed by atoms with E-state index in [2.05, 4.69) is 0 Å². The molecule has 0 bridgehead atoms. The molecule has 0 saturated carbocycles. The summed E-state index contributed by atoms with van der Waals surface area (Å²) < 4.78 is 67.4. The summed E-state index contributed by atoms with van der Waals surface area (Å²) in [6, 6.07) is 6.41. The van der Waals surface area contributed by atoms with E-state index in [0.29, 0.717) is 0 Å². The van der Waals surface area contributed by atoms with Crippen molar-refractivity contribution in [3.8, 4) is 0 Å². The summed E-state index contributed by atoms with van der Waals surface area (Å²) in [6.07, 6.45) is -6.11. The van der Waals surface area contributed by atoms with Gasteiger partial charge < -0.3 is 10.1 Å². The summed E-state index contributed by atoms with van der Waals surface area (Å²) in [7, 11) is -3.82. The Kier molecular flexibility index (Phi) is 6.55. The van der Waals surface area contributed by atoms with E-state index in [1.807, 2.05) is 0 Å². The number of hydrogen-bond acceptors (Lipinski definition) is 5. The molecule has 1 N–H and O–H groups in total. The van der Waals surface area contributed by atoms with Crippen LogP contribution in [-0.2, 0) is 24.2 Å². The number of sulfone groups is 1. The molecule has 1 aromatic rings. The lowest BCUT2D eigenvalue weighted by molar-refractivity contribution is -0.174. The molecule has 1 saturated heterocycles. The molecule has 1 amide bonds. The summed E-state index contributed by atoms with van der Waals surface area (Å²) in [5, 5.41) is 1.50. The van der Waals surface area contributed by atoms with Crippen LogP contribution in [0.4, 0.5) is 13.2 Å². The Hall–Kier alpha value is -1.94. The fourth-order valence-electron chi connectivity index (χ4n) is 3.26. The molecule has 28 heavy (non-hydrogen) atoms. The zero-order valence-electron chi connectivity index (χ0n) is 15.5. The van der Waals surface area contributed by atoms with E-state index in [-0.39, 0.29) is 30.8 Å². The number of alkyl halides is 3. The fraction of sp³-hybridized carbons (Fsp3) is 0.556. The van der Waals surface area contributed by atoms with Gasteiger partial charge in [0.2, 0.25) is 0 Å². The first-order valence-corrected chi connectivity index (χ1v) is 10.2.